The molecule has 0 radical (unpaired) electrons. The number of para-hydroxylation sites is 1. The van der Waals surface area contributed by atoms with Gasteiger partial charge in [0.2, 0.25) is 0 Å². The fourth-order valence-corrected chi connectivity index (χ4v) is 2.07. The highest BCUT2D eigenvalue weighted by Crippen LogP contribution is 2.19. The Morgan fingerprint density at radius 1 is 1.47 bits per heavy atom. The summed E-state index contributed by atoms with van der Waals surface area (Å²) in [6, 6.07) is 6.89. The van der Waals surface area contributed by atoms with Crippen molar-refractivity contribution in [1.82, 2.24) is 9.97 Å². The van der Waals surface area contributed by atoms with Crippen molar-refractivity contribution in [3.8, 4) is 0 Å². The largest absolute Gasteiger partial charge is 0.549 e. The zero-order valence-electron chi connectivity index (χ0n) is 8.97. The first-order valence-corrected chi connectivity index (χ1v) is 5.82. The average molecular weight is 249 g/mol. The molecule has 1 unspecified atom stereocenters. The van der Waals surface area contributed by atoms with Crippen LogP contribution in [0.15, 0.2) is 34.2 Å². The molecule has 0 aliphatic heterocycles. The lowest BCUT2D eigenvalue weighted by Crippen LogP contribution is -2.31. The van der Waals surface area contributed by atoms with E-state index >= 15 is 0 Å². The number of benzene rings is 1. The average Bonchev–Trinajstić information content (AvgIpc) is 2.29. The molecule has 5 nitrogen and oxygen atoms in total. The van der Waals surface area contributed by atoms with E-state index in [1.807, 2.05) is 0 Å². The second-order valence-corrected chi connectivity index (χ2v) is 4.80. The Kier molecular flexibility index (Phi) is 3.14. The molecule has 0 saturated heterocycles. The second kappa shape index (κ2) is 4.58. The Morgan fingerprint density at radius 2 is 2.18 bits per heavy atom. The fraction of sp³-hybridized carbons (Fsp3) is 0.182. The molecule has 0 amide bonds. The highest BCUT2D eigenvalue weighted by atomic mass is 32.2. The second-order valence-electron chi connectivity index (χ2n) is 3.47. The van der Waals surface area contributed by atoms with Crippen LogP contribution >= 0.6 is 11.8 Å². The van der Waals surface area contributed by atoms with Crippen molar-refractivity contribution in [3.05, 3.63) is 34.6 Å². The molecular formula is C11H9N2O3S-. The van der Waals surface area contributed by atoms with Crippen LogP contribution in [0.5, 0.6) is 0 Å². The molecule has 1 N–H and O–H groups in total. The van der Waals surface area contributed by atoms with Crippen LogP contribution in [0.4, 0.5) is 0 Å². The van der Waals surface area contributed by atoms with Gasteiger partial charge in [0, 0.05) is 5.25 Å². The van der Waals surface area contributed by atoms with Crippen LogP contribution in [0, 0.1) is 0 Å². The molecule has 0 aliphatic rings. The first-order valence-electron chi connectivity index (χ1n) is 4.94. The minimum atomic E-state index is -1.19. The number of nitrogens with zero attached hydrogens (tertiary/aromatic N) is 1. The number of hydrogen-bond acceptors (Lipinski definition) is 5. The molecule has 88 valence electrons. The number of carboxylic acid groups (broad SMARTS) is 1. The Bertz CT molecular complexity index is 623. The van der Waals surface area contributed by atoms with Crippen LogP contribution in [-0.4, -0.2) is 21.2 Å². The number of rotatable bonds is 3. The van der Waals surface area contributed by atoms with Gasteiger partial charge < -0.3 is 14.9 Å². The lowest BCUT2D eigenvalue weighted by molar-refractivity contribution is -0.304. The third-order valence-corrected chi connectivity index (χ3v) is 3.17. The lowest BCUT2D eigenvalue weighted by Gasteiger charge is -2.10. The maximum atomic E-state index is 11.7. The molecule has 17 heavy (non-hydrogen) atoms. The Labute approximate surface area is 101 Å². The van der Waals surface area contributed by atoms with E-state index in [9.17, 15) is 14.7 Å². The number of H-pyrrole nitrogens is 1. The van der Waals surface area contributed by atoms with Crippen LogP contribution in [0.1, 0.15) is 6.92 Å². The van der Waals surface area contributed by atoms with Gasteiger partial charge in [0.25, 0.3) is 5.56 Å². The van der Waals surface area contributed by atoms with Gasteiger partial charge in [-0.05, 0) is 19.1 Å². The number of aromatic nitrogens is 2. The number of carbonyl (C=O) groups is 1. The first kappa shape index (κ1) is 11.7. The minimum absolute atomic E-state index is 0.274. The first-order chi connectivity index (χ1) is 8.08. The van der Waals surface area contributed by atoms with Gasteiger partial charge in [0.1, 0.15) is 0 Å². The van der Waals surface area contributed by atoms with Gasteiger partial charge in [-0.25, -0.2) is 4.98 Å². The maximum Gasteiger partial charge on any atom is 0.259 e. The number of carbonyl (C=O) groups excluding carboxylic acids is 1. The smallest absolute Gasteiger partial charge is 0.259 e. The van der Waals surface area contributed by atoms with E-state index in [2.05, 4.69) is 9.97 Å². The highest BCUT2D eigenvalue weighted by Gasteiger charge is 2.09. The number of thioether (sulfide) groups is 1. The number of carboxylic acids is 1. The van der Waals surface area contributed by atoms with Gasteiger partial charge in [-0.2, -0.15) is 0 Å². The molecule has 0 spiro atoms. The van der Waals surface area contributed by atoms with Gasteiger partial charge in [-0.1, -0.05) is 23.9 Å². The summed E-state index contributed by atoms with van der Waals surface area (Å²) in [4.78, 5) is 29.0. The Balaban J connectivity index is 2.44. The van der Waals surface area contributed by atoms with Crippen molar-refractivity contribution in [2.24, 2.45) is 0 Å². The Morgan fingerprint density at radius 3 is 2.88 bits per heavy atom. The predicted molar refractivity (Wildman–Crippen MR) is 62.7 cm³/mol. The summed E-state index contributed by atoms with van der Waals surface area (Å²) in [5.74, 6) is -1.19. The summed E-state index contributed by atoms with van der Waals surface area (Å²) in [6.45, 7) is 1.48. The topological polar surface area (TPSA) is 85.9 Å². The summed E-state index contributed by atoms with van der Waals surface area (Å²) in [5, 5.41) is 10.6. The van der Waals surface area contributed by atoms with E-state index in [-0.39, 0.29) is 10.7 Å². The van der Waals surface area contributed by atoms with Crippen LogP contribution in [0.3, 0.4) is 0 Å². The number of nitrogens with one attached hydrogen (secondary N) is 1. The molecule has 0 bridgehead atoms. The zero-order chi connectivity index (χ0) is 12.4. The highest BCUT2D eigenvalue weighted by molar-refractivity contribution is 8.00. The van der Waals surface area contributed by atoms with Gasteiger partial charge in [-0.15, -0.1) is 0 Å². The molecule has 1 aromatic heterocycles. The zero-order valence-corrected chi connectivity index (χ0v) is 9.78. The molecule has 0 saturated carbocycles. The molecule has 2 rings (SSSR count). The third-order valence-electron chi connectivity index (χ3n) is 2.21. The van der Waals surface area contributed by atoms with Crippen molar-refractivity contribution in [2.45, 2.75) is 17.3 Å². The quantitative estimate of drug-likeness (QED) is 0.618. The summed E-state index contributed by atoms with van der Waals surface area (Å²) in [7, 11) is 0. The molecule has 1 heterocycles. The lowest BCUT2D eigenvalue weighted by atomic mass is 10.2. The number of fused-ring (bicyclic) bond motifs is 1. The van der Waals surface area contributed by atoms with Crippen LogP contribution in [-0.2, 0) is 4.79 Å². The van der Waals surface area contributed by atoms with Gasteiger partial charge >= 0.3 is 0 Å². The van der Waals surface area contributed by atoms with Crippen LogP contribution in [0.2, 0.25) is 0 Å². The third kappa shape index (κ3) is 2.47. The number of hydrogen-bond donors (Lipinski definition) is 1. The van der Waals surface area contributed by atoms with Crippen molar-refractivity contribution < 1.29 is 9.90 Å². The summed E-state index contributed by atoms with van der Waals surface area (Å²) in [5.41, 5.74) is 0.271. The van der Waals surface area contributed by atoms with Gasteiger partial charge in [0.05, 0.1) is 16.9 Å². The fourth-order valence-electron chi connectivity index (χ4n) is 1.34. The standard InChI is InChI=1S/C11H10N2O3S/c1-6(10(15)16)17-11-12-8-5-3-2-4-7(8)9(14)13-11/h2-6H,1H3,(H,15,16)(H,12,13,14)/p-1. The molecular weight excluding hydrogens is 240 g/mol. The molecule has 6 heteroatoms. The van der Waals surface area contributed by atoms with E-state index in [1.54, 1.807) is 24.3 Å². The van der Waals surface area contributed by atoms with E-state index in [4.69, 9.17) is 0 Å². The summed E-state index contributed by atoms with van der Waals surface area (Å²) < 4.78 is 0. The summed E-state index contributed by atoms with van der Waals surface area (Å²) >= 11 is 0.952. The van der Waals surface area contributed by atoms with E-state index in [0.29, 0.717) is 10.9 Å². The molecule has 1 atom stereocenters. The van der Waals surface area contributed by atoms with Gasteiger partial charge in [0.15, 0.2) is 5.16 Å². The van der Waals surface area contributed by atoms with E-state index < -0.39 is 11.2 Å². The normalized spacial score (nSPS) is 12.5. The minimum Gasteiger partial charge on any atom is -0.549 e. The van der Waals surface area contributed by atoms with E-state index in [1.165, 1.54) is 6.92 Å². The number of aromatic amines is 1. The van der Waals surface area contributed by atoms with Crippen molar-refractivity contribution in [2.75, 3.05) is 0 Å². The Hall–Kier alpha value is -1.82. The number of aliphatic carboxylic acids is 1. The van der Waals surface area contributed by atoms with Crippen molar-refractivity contribution in [3.63, 3.8) is 0 Å². The molecule has 2 aromatic rings. The van der Waals surface area contributed by atoms with Gasteiger partial charge in [-0.3, -0.25) is 4.79 Å². The summed E-state index contributed by atoms with van der Waals surface area (Å²) in [6.07, 6.45) is 0. The van der Waals surface area contributed by atoms with E-state index in [0.717, 1.165) is 11.8 Å². The molecule has 0 aliphatic carbocycles. The molecule has 0 fully saturated rings. The SMILES string of the molecule is CC(Sc1nc2ccccc2c(=O)[nH]1)C(=O)[O-]. The van der Waals surface area contributed by atoms with Crippen molar-refractivity contribution >= 4 is 28.6 Å². The maximum absolute atomic E-state index is 11.7. The van der Waals surface area contributed by atoms with Crippen molar-refractivity contribution in [1.29, 1.82) is 0 Å². The van der Waals surface area contributed by atoms with Crippen LogP contribution < -0.4 is 10.7 Å². The predicted octanol–water partition coefficient (Wildman–Crippen LogP) is 0.154. The molecule has 1 aromatic carbocycles. The van der Waals surface area contributed by atoms with Crippen LogP contribution in [0.25, 0.3) is 10.9 Å². The monoisotopic (exact) mass is 249 g/mol.